The monoisotopic (exact) mass is 354 g/mol. The maximum absolute atomic E-state index is 12.6. The van der Waals surface area contributed by atoms with E-state index in [1.54, 1.807) is 19.2 Å². The van der Waals surface area contributed by atoms with E-state index in [2.05, 4.69) is 5.32 Å². The number of rotatable bonds is 6. The number of nitrogens with zero attached hydrogens (tertiary/aromatic N) is 1. The molecule has 25 heavy (non-hydrogen) atoms. The second-order valence-electron chi connectivity index (χ2n) is 5.65. The summed E-state index contributed by atoms with van der Waals surface area (Å²) in [5.74, 6) is 0.693. The predicted molar refractivity (Wildman–Crippen MR) is 100 cm³/mol. The number of amides is 1. The molecule has 3 rings (SSSR count). The molecule has 1 heterocycles. The molecule has 3 aromatic rings. The van der Waals surface area contributed by atoms with E-state index in [-0.39, 0.29) is 11.9 Å². The molecule has 0 aliphatic rings. The Labute approximate surface area is 152 Å². The van der Waals surface area contributed by atoms with Crippen LogP contribution in [0.25, 0.3) is 0 Å². The van der Waals surface area contributed by atoms with Gasteiger partial charge in [0.05, 0.1) is 30.3 Å². The van der Waals surface area contributed by atoms with Gasteiger partial charge in [-0.05, 0) is 42.0 Å². The van der Waals surface area contributed by atoms with Crippen molar-refractivity contribution >= 4 is 23.2 Å². The van der Waals surface area contributed by atoms with E-state index in [9.17, 15) is 4.79 Å². The Kier molecular flexibility index (Phi) is 5.41. The van der Waals surface area contributed by atoms with Crippen LogP contribution in [0.2, 0.25) is 5.02 Å². The first-order chi connectivity index (χ1) is 12.2. The molecule has 0 radical (unpaired) electrons. The zero-order chi connectivity index (χ0) is 17.6. The van der Waals surface area contributed by atoms with Crippen LogP contribution in [0, 0.1) is 0 Å². The van der Waals surface area contributed by atoms with E-state index in [1.165, 1.54) is 0 Å². The standard InChI is InChI=1S/C20H19ClN2O2/c1-25-16-10-8-15(9-11-16)19(23-12-4-5-13-23)14-20(24)22-18-7-3-2-6-17(18)21/h2-13,19H,14H2,1H3,(H,22,24)/t19-/m0/s1. The molecule has 4 nitrogen and oxygen atoms in total. The molecule has 1 amide bonds. The summed E-state index contributed by atoms with van der Waals surface area (Å²) < 4.78 is 7.23. The Bertz CT molecular complexity index is 829. The van der Waals surface area contributed by atoms with Crippen LogP contribution in [0.4, 0.5) is 5.69 Å². The van der Waals surface area contributed by atoms with E-state index in [1.807, 2.05) is 65.5 Å². The molecular weight excluding hydrogens is 336 g/mol. The van der Waals surface area contributed by atoms with Crippen molar-refractivity contribution < 1.29 is 9.53 Å². The fourth-order valence-electron chi connectivity index (χ4n) is 2.72. The van der Waals surface area contributed by atoms with Crippen molar-refractivity contribution in [1.29, 1.82) is 0 Å². The van der Waals surface area contributed by atoms with Crippen LogP contribution in [0.5, 0.6) is 5.75 Å². The average Bonchev–Trinajstić information content (AvgIpc) is 3.16. The lowest BCUT2D eigenvalue weighted by atomic mass is 10.0. The fraction of sp³-hybridized carbons (Fsp3) is 0.150. The summed E-state index contributed by atoms with van der Waals surface area (Å²) in [6, 6.07) is 18.8. The maximum Gasteiger partial charge on any atom is 0.226 e. The zero-order valence-corrected chi connectivity index (χ0v) is 14.6. The lowest BCUT2D eigenvalue weighted by Crippen LogP contribution is -2.19. The number of hydrogen-bond acceptors (Lipinski definition) is 2. The Morgan fingerprint density at radius 2 is 1.76 bits per heavy atom. The van der Waals surface area contributed by atoms with E-state index in [0.717, 1.165) is 11.3 Å². The zero-order valence-electron chi connectivity index (χ0n) is 13.9. The summed E-state index contributed by atoms with van der Waals surface area (Å²) in [4.78, 5) is 12.6. The van der Waals surface area contributed by atoms with Gasteiger partial charge in [0, 0.05) is 12.4 Å². The first-order valence-electron chi connectivity index (χ1n) is 7.98. The molecule has 0 saturated carbocycles. The van der Waals surface area contributed by atoms with Gasteiger partial charge >= 0.3 is 0 Å². The van der Waals surface area contributed by atoms with Crippen molar-refractivity contribution in [2.45, 2.75) is 12.5 Å². The van der Waals surface area contributed by atoms with Crippen LogP contribution < -0.4 is 10.1 Å². The fourth-order valence-corrected chi connectivity index (χ4v) is 2.90. The highest BCUT2D eigenvalue weighted by Gasteiger charge is 2.18. The highest BCUT2D eigenvalue weighted by atomic mass is 35.5. The van der Waals surface area contributed by atoms with E-state index in [4.69, 9.17) is 16.3 Å². The van der Waals surface area contributed by atoms with Gasteiger partial charge < -0.3 is 14.6 Å². The molecule has 0 fully saturated rings. The van der Waals surface area contributed by atoms with Crippen LogP contribution in [0.15, 0.2) is 73.1 Å². The number of halogens is 1. The lowest BCUT2D eigenvalue weighted by Gasteiger charge is -2.20. The van der Waals surface area contributed by atoms with Crippen LogP contribution in [0.1, 0.15) is 18.0 Å². The SMILES string of the molecule is COc1ccc([C@H](CC(=O)Nc2ccccc2Cl)n2cccc2)cc1. The summed E-state index contributed by atoms with van der Waals surface area (Å²) in [5.41, 5.74) is 1.65. The molecule has 2 aromatic carbocycles. The van der Waals surface area contributed by atoms with Crippen molar-refractivity contribution in [3.63, 3.8) is 0 Å². The first-order valence-corrected chi connectivity index (χ1v) is 8.36. The van der Waals surface area contributed by atoms with Crippen LogP contribution in [-0.2, 0) is 4.79 Å². The van der Waals surface area contributed by atoms with E-state index < -0.39 is 0 Å². The molecule has 0 aliphatic heterocycles. The van der Waals surface area contributed by atoms with Gasteiger partial charge in [0.25, 0.3) is 0 Å². The molecular formula is C20H19ClN2O2. The average molecular weight is 355 g/mol. The molecule has 0 spiro atoms. The van der Waals surface area contributed by atoms with Gasteiger partial charge in [-0.2, -0.15) is 0 Å². The minimum absolute atomic E-state index is 0.0948. The van der Waals surface area contributed by atoms with Gasteiger partial charge in [-0.15, -0.1) is 0 Å². The summed E-state index contributed by atoms with van der Waals surface area (Å²) in [5, 5.41) is 3.41. The molecule has 0 bridgehead atoms. The molecule has 1 atom stereocenters. The number of methoxy groups -OCH3 is 1. The third-order valence-corrected chi connectivity index (χ3v) is 4.34. The Balaban J connectivity index is 1.80. The second-order valence-corrected chi connectivity index (χ2v) is 6.06. The number of carbonyl (C=O) groups excluding carboxylic acids is 1. The molecule has 1 aromatic heterocycles. The summed E-state index contributed by atoms with van der Waals surface area (Å²) >= 11 is 6.12. The first kappa shape index (κ1) is 17.1. The smallest absolute Gasteiger partial charge is 0.226 e. The minimum Gasteiger partial charge on any atom is -0.497 e. The molecule has 0 aliphatic carbocycles. The van der Waals surface area contributed by atoms with Crippen molar-refractivity contribution in [3.05, 3.63) is 83.6 Å². The Hall–Kier alpha value is -2.72. The molecule has 1 N–H and O–H groups in total. The third-order valence-electron chi connectivity index (χ3n) is 4.01. The quantitative estimate of drug-likeness (QED) is 0.693. The summed E-state index contributed by atoms with van der Waals surface area (Å²) in [7, 11) is 1.63. The number of aromatic nitrogens is 1. The number of anilines is 1. The number of nitrogens with one attached hydrogen (secondary N) is 1. The van der Waals surface area contributed by atoms with Gasteiger partial charge in [-0.25, -0.2) is 0 Å². The Morgan fingerprint density at radius 1 is 1.08 bits per heavy atom. The Morgan fingerprint density at radius 3 is 2.40 bits per heavy atom. The van der Waals surface area contributed by atoms with E-state index >= 15 is 0 Å². The van der Waals surface area contributed by atoms with Crippen molar-refractivity contribution in [3.8, 4) is 5.75 Å². The second kappa shape index (κ2) is 7.90. The lowest BCUT2D eigenvalue weighted by molar-refractivity contribution is -0.116. The van der Waals surface area contributed by atoms with Gasteiger partial charge in [-0.1, -0.05) is 35.9 Å². The van der Waals surface area contributed by atoms with Gasteiger partial charge in [0.15, 0.2) is 0 Å². The third kappa shape index (κ3) is 4.22. The maximum atomic E-state index is 12.6. The largest absolute Gasteiger partial charge is 0.497 e. The molecule has 0 saturated heterocycles. The molecule has 5 heteroatoms. The van der Waals surface area contributed by atoms with Crippen molar-refractivity contribution in [2.24, 2.45) is 0 Å². The van der Waals surface area contributed by atoms with Crippen molar-refractivity contribution in [1.82, 2.24) is 4.57 Å². The van der Waals surface area contributed by atoms with Crippen LogP contribution in [0.3, 0.4) is 0 Å². The van der Waals surface area contributed by atoms with Gasteiger partial charge in [0.1, 0.15) is 5.75 Å². The van der Waals surface area contributed by atoms with Crippen LogP contribution >= 0.6 is 11.6 Å². The normalized spacial score (nSPS) is 11.8. The van der Waals surface area contributed by atoms with Crippen molar-refractivity contribution in [2.75, 3.05) is 12.4 Å². The topological polar surface area (TPSA) is 43.3 Å². The number of carbonyl (C=O) groups is 1. The van der Waals surface area contributed by atoms with Gasteiger partial charge in [0.2, 0.25) is 5.91 Å². The van der Waals surface area contributed by atoms with Gasteiger partial charge in [-0.3, -0.25) is 4.79 Å². The van der Waals surface area contributed by atoms with Crippen LogP contribution in [-0.4, -0.2) is 17.6 Å². The highest BCUT2D eigenvalue weighted by Crippen LogP contribution is 2.26. The number of para-hydroxylation sites is 1. The summed E-state index contributed by atoms with van der Waals surface area (Å²) in [6.07, 6.45) is 4.21. The molecule has 0 unspecified atom stereocenters. The number of benzene rings is 2. The predicted octanol–water partition coefficient (Wildman–Crippen LogP) is 4.77. The molecule has 128 valence electrons. The number of hydrogen-bond donors (Lipinski definition) is 1. The van der Waals surface area contributed by atoms with E-state index in [0.29, 0.717) is 17.1 Å². The highest BCUT2D eigenvalue weighted by molar-refractivity contribution is 6.33. The summed E-state index contributed by atoms with van der Waals surface area (Å²) in [6.45, 7) is 0. The minimum atomic E-state index is -0.108. The number of ether oxygens (including phenoxy) is 1.